The van der Waals surface area contributed by atoms with E-state index in [9.17, 15) is 30.7 Å². The molecule has 14 heavy (non-hydrogen) atoms. The number of halogens is 7. The zero-order valence-electron chi connectivity index (χ0n) is 6.79. The summed E-state index contributed by atoms with van der Waals surface area (Å²) >= 11 is 0. The van der Waals surface area contributed by atoms with Crippen LogP contribution in [-0.4, -0.2) is 24.4 Å². The molecule has 84 valence electrons. The highest BCUT2D eigenvalue weighted by Gasteiger charge is 2.61. The first-order valence-electron chi connectivity index (χ1n) is 3.45. The van der Waals surface area contributed by atoms with E-state index in [-0.39, 0.29) is 6.08 Å². The maximum atomic E-state index is 12.4. The van der Waals surface area contributed by atoms with E-state index in [0.717, 1.165) is 0 Å². The van der Waals surface area contributed by atoms with Gasteiger partial charge in [-0.05, 0) is 0 Å². The van der Waals surface area contributed by atoms with E-state index in [0.29, 0.717) is 0 Å². The Kier molecular flexibility index (Phi) is 3.96. The highest BCUT2D eigenvalue weighted by Crippen LogP contribution is 2.42. The van der Waals surface area contributed by atoms with Gasteiger partial charge in [-0.25, -0.2) is 13.2 Å². The van der Waals surface area contributed by atoms with Gasteiger partial charge in [-0.15, -0.1) is 0 Å². The first-order chi connectivity index (χ1) is 6.15. The summed E-state index contributed by atoms with van der Waals surface area (Å²) in [4.78, 5) is 0. The van der Waals surface area contributed by atoms with Crippen LogP contribution in [0.1, 0.15) is 6.42 Å². The van der Waals surface area contributed by atoms with Crippen molar-refractivity contribution < 1.29 is 30.7 Å². The van der Waals surface area contributed by atoms with E-state index < -0.39 is 30.9 Å². The third-order valence-electron chi connectivity index (χ3n) is 1.45. The lowest BCUT2D eigenvalue weighted by molar-refractivity contribution is -0.243. The van der Waals surface area contributed by atoms with E-state index in [1.54, 1.807) is 0 Å². The van der Waals surface area contributed by atoms with Crippen molar-refractivity contribution in [2.24, 2.45) is 0 Å². The molecule has 0 nitrogen and oxygen atoms in total. The summed E-state index contributed by atoms with van der Waals surface area (Å²) in [6.07, 6.45) is -9.42. The second-order valence-corrected chi connectivity index (χ2v) is 2.56. The number of alkyl halides is 7. The van der Waals surface area contributed by atoms with Crippen molar-refractivity contribution in [1.29, 1.82) is 0 Å². The molecule has 7 heteroatoms. The Labute approximate surface area is 75.4 Å². The number of allylic oxidation sites excluding steroid dienone is 1. The fraction of sp³-hybridized carbons (Fsp3) is 0.714. The number of hydrogen-bond donors (Lipinski definition) is 0. The van der Waals surface area contributed by atoms with E-state index >= 15 is 0 Å². The van der Waals surface area contributed by atoms with Crippen molar-refractivity contribution in [1.82, 2.24) is 0 Å². The molecule has 0 saturated heterocycles. The summed E-state index contributed by atoms with van der Waals surface area (Å²) in [6.45, 7) is 2.54. The lowest BCUT2D eigenvalue weighted by Gasteiger charge is -2.27. The predicted octanol–water partition coefficient (Wildman–Crippen LogP) is 3.44. The standard InChI is InChI=1S/C7H7F7/c1-2-4(8)7(13,14)6(11,12)3-5(9)10/h2,4-5H,1,3H2. The van der Waals surface area contributed by atoms with Crippen LogP contribution in [0.3, 0.4) is 0 Å². The summed E-state index contributed by atoms with van der Waals surface area (Å²) in [5.74, 6) is -10.3. The molecule has 0 spiro atoms. The van der Waals surface area contributed by atoms with Gasteiger partial charge < -0.3 is 0 Å². The van der Waals surface area contributed by atoms with Crippen LogP contribution in [0.2, 0.25) is 0 Å². The fourth-order valence-corrected chi connectivity index (χ4v) is 0.680. The maximum Gasteiger partial charge on any atom is 0.344 e. The minimum atomic E-state index is -5.16. The average molecular weight is 224 g/mol. The van der Waals surface area contributed by atoms with Gasteiger partial charge >= 0.3 is 11.8 Å². The first-order valence-corrected chi connectivity index (χ1v) is 3.45. The molecule has 0 aliphatic rings. The van der Waals surface area contributed by atoms with Gasteiger partial charge in [0.1, 0.15) is 0 Å². The molecule has 0 rings (SSSR count). The van der Waals surface area contributed by atoms with Crippen LogP contribution in [-0.2, 0) is 0 Å². The molecule has 0 fully saturated rings. The topological polar surface area (TPSA) is 0 Å². The van der Waals surface area contributed by atoms with Gasteiger partial charge in [-0.2, -0.15) is 17.6 Å². The van der Waals surface area contributed by atoms with Crippen LogP contribution < -0.4 is 0 Å². The zero-order valence-corrected chi connectivity index (χ0v) is 6.79. The highest BCUT2D eigenvalue weighted by atomic mass is 19.3. The molecule has 1 unspecified atom stereocenters. The normalized spacial score (nSPS) is 15.7. The van der Waals surface area contributed by atoms with Crippen LogP contribution in [0.5, 0.6) is 0 Å². The van der Waals surface area contributed by atoms with Crippen LogP contribution in [0.4, 0.5) is 30.7 Å². The summed E-state index contributed by atoms with van der Waals surface area (Å²) in [7, 11) is 0. The Bertz CT molecular complexity index is 198. The number of rotatable bonds is 5. The monoisotopic (exact) mass is 224 g/mol. The Balaban J connectivity index is 4.76. The molecule has 0 aromatic heterocycles. The minimum Gasteiger partial charge on any atom is -0.236 e. The molecule has 0 amide bonds. The molecule has 0 N–H and O–H groups in total. The van der Waals surface area contributed by atoms with Gasteiger partial charge in [-0.3, -0.25) is 0 Å². The molecule has 0 aromatic rings. The van der Waals surface area contributed by atoms with Crippen molar-refractivity contribution in [2.45, 2.75) is 30.9 Å². The largest absolute Gasteiger partial charge is 0.344 e. The van der Waals surface area contributed by atoms with Crippen LogP contribution in [0.15, 0.2) is 12.7 Å². The summed E-state index contributed by atoms with van der Waals surface area (Å²) in [6, 6.07) is 0. The summed E-state index contributed by atoms with van der Waals surface area (Å²) in [5.41, 5.74) is 0. The second-order valence-electron chi connectivity index (χ2n) is 2.56. The molecule has 0 aliphatic carbocycles. The molecule has 0 saturated carbocycles. The third-order valence-corrected chi connectivity index (χ3v) is 1.45. The van der Waals surface area contributed by atoms with E-state index in [2.05, 4.69) is 6.58 Å². The molecular weight excluding hydrogens is 217 g/mol. The van der Waals surface area contributed by atoms with Gasteiger partial charge in [0.25, 0.3) is 0 Å². The maximum absolute atomic E-state index is 12.4. The van der Waals surface area contributed by atoms with Crippen LogP contribution in [0.25, 0.3) is 0 Å². The number of hydrogen-bond acceptors (Lipinski definition) is 0. The molecule has 0 bridgehead atoms. The molecular formula is C7H7F7. The predicted molar refractivity (Wildman–Crippen MR) is 35.6 cm³/mol. The van der Waals surface area contributed by atoms with Gasteiger partial charge in [-0.1, -0.05) is 12.7 Å². The SMILES string of the molecule is C=CC(F)C(F)(F)C(F)(F)CC(F)F. The average Bonchev–Trinajstić information content (AvgIpc) is 2.00. The van der Waals surface area contributed by atoms with Crippen molar-refractivity contribution in [3.05, 3.63) is 12.7 Å². The lowest BCUT2D eigenvalue weighted by Crippen LogP contribution is -2.48. The van der Waals surface area contributed by atoms with Gasteiger partial charge in [0.2, 0.25) is 6.43 Å². The van der Waals surface area contributed by atoms with Crippen molar-refractivity contribution in [3.8, 4) is 0 Å². The fourth-order valence-electron chi connectivity index (χ4n) is 0.680. The quantitative estimate of drug-likeness (QED) is 0.495. The zero-order chi connectivity index (χ0) is 11.6. The molecule has 0 aromatic carbocycles. The Hall–Kier alpha value is -0.750. The van der Waals surface area contributed by atoms with Crippen LogP contribution >= 0.6 is 0 Å². The Morgan fingerprint density at radius 1 is 1.07 bits per heavy atom. The molecule has 0 heterocycles. The van der Waals surface area contributed by atoms with E-state index in [4.69, 9.17) is 0 Å². The lowest BCUT2D eigenvalue weighted by atomic mass is 10.0. The second kappa shape index (κ2) is 4.18. The van der Waals surface area contributed by atoms with Crippen LogP contribution in [0, 0.1) is 0 Å². The summed E-state index contributed by atoms with van der Waals surface area (Å²) in [5, 5.41) is 0. The molecule has 0 aliphatic heterocycles. The highest BCUT2D eigenvalue weighted by molar-refractivity contribution is 4.99. The smallest absolute Gasteiger partial charge is 0.236 e. The van der Waals surface area contributed by atoms with Crippen molar-refractivity contribution in [3.63, 3.8) is 0 Å². The van der Waals surface area contributed by atoms with E-state index in [1.807, 2.05) is 0 Å². The third kappa shape index (κ3) is 2.62. The Morgan fingerprint density at radius 3 is 1.79 bits per heavy atom. The van der Waals surface area contributed by atoms with E-state index in [1.165, 1.54) is 0 Å². The van der Waals surface area contributed by atoms with Crippen molar-refractivity contribution >= 4 is 0 Å². The summed E-state index contributed by atoms with van der Waals surface area (Å²) < 4.78 is 84.8. The Morgan fingerprint density at radius 2 is 1.50 bits per heavy atom. The van der Waals surface area contributed by atoms with Gasteiger partial charge in [0.15, 0.2) is 6.17 Å². The van der Waals surface area contributed by atoms with Gasteiger partial charge in [0, 0.05) is 0 Å². The first kappa shape index (κ1) is 13.2. The molecule has 1 atom stereocenters. The minimum absolute atomic E-state index is 0.0562. The van der Waals surface area contributed by atoms with Gasteiger partial charge in [0.05, 0.1) is 6.42 Å². The molecule has 0 radical (unpaired) electrons. The van der Waals surface area contributed by atoms with Crippen molar-refractivity contribution in [2.75, 3.05) is 0 Å².